The van der Waals surface area contributed by atoms with E-state index in [4.69, 9.17) is 0 Å². The Labute approximate surface area is 109 Å². The molecule has 0 aromatic carbocycles. The Morgan fingerprint density at radius 1 is 1.11 bits per heavy atom. The molecule has 19 heavy (non-hydrogen) atoms. The van der Waals surface area contributed by atoms with Crippen molar-refractivity contribution in [3.63, 3.8) is 0 Å². The molecule has 2 nitrogen and oxygen atoms in total. The molecule has 0 saturated heterocycles. The Morgan fingerprint density at radius 2 is 1.79 bits per heavy atom. The first kappa shape index (κ1) is 13.6. The van der Waals surface area contributed by atoms with Gasteiger partial charge in [0.1, 0.15) is 5.69 Å². The van der Waals surface area contributed by atoms with E-state index in [-0.39, 0.29) is 0 Å². The summed E-state index contributed by atoms with van der Waals surface area (Å²) in [6.45, 7) is 5.63. The van der Waals surface area contributed by atoms with Crippen LogP contribution in [0.5, 0.6) is 0 Å². The lowest BCUT2D eigenvalue weighted by atomic mass is 9.86. The first-order valence-corrected chi connectivity index (χ1v) is 5.91. The standard InChI is InChI=1S/C14H15F3N2/c1-13(2,3)9-8-11(14(15,16)17)19-12(9)10-6-4-5-7-18-10/h4-8,19H,1-3H3. The van der Waals surface area contributed by atoms with E-state index in [1.54, 1.807) is 24.4 Å². The molecular formula is C14H15F3N2. The predicted molar refractivity (Wildman–Crippen MR) is 67.7 cm³/mol. The molecule has 0 aliphatic rings. The number of nitrogens with zero attached hydrogens (tertiary/aromatic N) is 1. The Bertz CT molecular complexity index is 563. The molecule has 5 heteroatoms. The van der Waals surface area contributed by atoms with Gasteiger partial charge in [0.2, 0.25) is 0 Å². The first-order valence-electron chi connectivity index (χ1n) is 5.91. The van der Waals surface area contributed by atoms with Gasteiger partial charge >= 0.3 is 6.18 Å². The van der Waals surface area contributed by atoms with Crippen LogP contribution in [0, 0.1) is 0 Å². The van der Waals surface area contributed by atoms with E-state index in [1.165, 1.54) is 6.07 Å². The zero-order chi connectivity index (χ0) is 14.3. The number of rotatable bonds is 1. The number of aromatic nitrogens is 2. The average molecular weight is 268 g/mol. The number of nitrogens with one attached hydrogen (secondary N) is 1. The Morgan fingerprint density at radius 3 is 2.26 bits per heavy atom. The molecule has 0 atom stereocenters. The van der Waals surface area contributed by atoms with Crippen LogP contribution in [0.4, 0.5) is 13.2 Å². The minimum Gasteiger partial charge on any atom is -0.350 e. The SMILES string of the molecule is CC(C)(C)c1cc(C(F)(F)F)[nH]c1-c1ccccn1. The van der Waals surface area contributed by atoms with E-state index in [2.05, 4.69) is 9.97 Å². The van der Waals surface area contributed by atoms with Crippen LogP contribution in [0.1, 0.15) is 32.0 Å². The number of H-pyrrole nitrogens is 1. The summed E-state index contributed by atoms with van der Waals surface area (Å²) in [6.07, 6.45) is -2.82. The number of hydrogen-bond donors (Lipinski definition) is 1. The van der Waals surface area contributed by atoms with Crippen LogP contribution in [0.2, 0.25) is 0 Å². The quantitative estimate of drug-likeness (QED) is 0.816. The molecule has 102 valence electrons. The molecule has 0 saturated carbocycles. The van der Waals surface area contributed by atoms with Gasteiger partial charge in [-0.05, 0) is 29.2 Å². The fourth-order valence-electron chi connectivity index (χ4n) is 1.91. The van der Waals surface area contributed by atoms with Crippen molar-refractivity contribution in [1.82, 2.24) is 9.97 Å². The van der Waals surface area contributed by atoms with E-state index < -0.39 is 17.3 Å². The fourth-order valence-corrected chi connectivity index (χ4v) is 1.91. The number of halogens is 3. The summed E-state index contributed by atoms with van der Waals surface area (Å²) in [4.78, 5) is 6.58. The zero-order valence-electron chi connectivity index (χ0n) is 11.0. The van der Waals surface area contributed by atoms with E-state index in [0.29, 0.717) is 17.0 Å². The molecule has 0 fully saturated rings. The highest BCUT2D eigenvalue weighted by Crippen LogP contribution is 2.37. The van der Waals surface area contributed by atoms with Gasteiger partial charge in [-0.3, -0.25) is 4.98 Å². The van der Waals surface area contributed by atoms with Gasteiger partial charge in [-0.15, -0.1) is 0 Å². The Kier molecular flexibility index (Phi) is 3.16. The van der Waals surface area contributed by atoms with Gasteiger partial charge in [-0.1, -0.05) is 26.8 Å². The molecule has 2 rings (SSSR count). The maximum absolute atomic E-state index is 12.8. The largest absolute Gasteiger partial charge is 0.431 e. The van der Waals surface area contributed by atoms with Crippen LogP contribution in [-0.2, 0) is 11.6 Å². The Balaban J connectivity index is 2.63. The lowest BCUT2D eigenvalue weighted by Gasteiger charge is -2.19. The molecule has 0 bridgehead atoms. The van der Waals surface area contributed by atoms with Crippen molar-refractivity contribution in [2.24, 2.45) is 0 Å². The van der Waals surface area contributed by atoms with Crippen LogP contribution >= 0.6 is 0 Å². The number of pyridine rings is 1. The summed E-state index contributed by atoms with van der Waals surface area (Å²) in [5.41, 5.74) is 0.423. The van der Waals surface area contributed by atoms with E-state index in [1.807, 2.05) is 20.8 Å². The van der Waals surface area contributed by atoms with E-state index in [0.717, 1.165) is 0 Å². The van der Waals surface area contributed by atoms with Crippen molar-refractivity contribution in [2.75, 3.05) is 0 Å². The van der Waals surface area contributed by atoms with Crippen LogP contribution in [0.25, 0.3) is 11.4 Å². The molecule has 1 N–H and O–H groups in total. The summed E-state index contributed by atoms with van der Waals surface area (Å²) < 4.78 is 38.5. The normalized spacial score (nSPS) is 12.7. The number of hydrogen-bond acceptors (Lipinski definition) is 1. The van der Waals surface area contributed by atoms with Gasteiger partial charge in [0.05, 0.1) is 11.4 Å². The second-order valence-corrected chi connectivity index (χ2v) is 5.43. The third kappa shape index (κ3) is 2.80. The van der Waals surface area contributed by atoms with Gasteiger partial charge in [0, 0.05) is 6.20 Å². The number of alkyl halides is 3. The molecule has 2 heterocycles. The highest BCUT2D eigenvalue weighted by molar-refractivity contribution is 5.62. The first-order chi connectivity index (χ1) is 8.69. The third-order valence-electron chi connectivity index (χ3n) is 2.85. The molecule has 0 amide bonds. The van der Waals surface area contributed by atoms with Crippen molar-refractivity contribution >= 4 is 0 Å². The highest BCUT2D eigenvalue weighted by Gasteiger charge is 2.35. The molecule has 2 aromatic rings. The van der Waals surface area contributed by atoms with Crippen LogP contribution in [-0.4, -0.2) is 9.97 Å². The maximum Gasteiger partial charge on any atom is 0.431 e. The molecular weight excluding hydrogens is 253 g/mol. The minimum absolute atomic E-state index is 0.396. The topological polar surface area (TPSA) is 28.7 Å². The van der Waals surface area contributed by atoms with Crippen molar-refractivity contribution in [2.45, 2.75) is 32.4 Å². The van der Waals surface area contributed by atoms with Gasteiger partial charge < -0.3 is 4.98 Å². The molecule has 0 radical (unpaired) electrons. The van der Waals surface area contributed by atoms with Crippen molar-refractivity contribution < 1.29 is 13.2 Å². The summed E-state index contributed by atoms with van der Waals surface area (Å²) in [5, 5.41) is 0. The lowest BCUT2D eigenvalue weighted by molar-refractivity contribution is -0.140. The van der Waals surface area contributed by atoms with Gasteiger partial charge in [0.25, 0.3) is 0 Å². The van der Waals surface area contributed by atoms with Crippen LogP contribution < -0.4 is 0 Å². The van der Waals surface area contributed by atoms with E-state index >= 15 is 0 Å². The van der Waals surface area contributed by atoms with Crippen LogP contribution in [0.15, 0.2) is 30.5 Å². The molecule has 0 spiro atoms. The summed E-state index contributed by atoms with van der Waals surface area (Å²) in [7, 11) is 0. The molecule has 0 aliphatic heterocycles. The molecule has 0 unspecified atom stereocenters. The summed E-state index contributed by atoms with van der Waals surface area (Å²) in [5.74, 6) is 0. The summed E-state index contributed by atoms with van der Waals surface area (Å²) in [6, 6.07) is 6.35. The predicted octanol–water partition coefficient (Wildman–Crippen LogP) is 4.39. The summed E-state index contributed by atoms with van der Waals surface area (Å²) >= 11 is 0. The third-order valence-corrected chi connectivity index (χ3v) is 2.85. The Hall–Kier alpha value is -1.78. The second kappa shape index (κ2) is 4.40. The molecule has 2 aromatic heterocycles. The van der Waals surface area contributed by atoms with Crippen molar-refractivity contribution in [1.29, 1.82) is 0 Å². The van der Waals surface area contributed by atoms with Crippen molar-refractivity contribution in [3.05, 3.63) is 41.7 Å². The number of aromatic amines is 1. The van der Waals surface area contributed by atoms with Crippen molar-refractivity contribution in [3.8, 4) is 11.4 Å². The smallest absolute Gasteiger partial charge is 0.350 e. The minimum atomic E-state index is -4.38. The van der Waals surface area contributed by atoms with E-state index in [9.17, 15) is 13.2 Å². The monoisotopic (exact) mass is 268 g/mol. The van der Waals surface area contributed by atoms with Gasteiger partial charge in [-0.25, -0.2) is 0 Å². The zero-order valence-corrected chi connectivity index (χ0v) is 11.0. The fraction of sp³-hybridized carbons (Fsp3) is 0.357. The van der Waals surface area contributed by atoms with Crippen LogP contribution in [0.3, 0.4) is 0 Å². The highest BCUT2D eigenvalue weighted by atomic mass is 19.4. The lowest BCUT2D eigenvalue weighted by Crippen LogP contribution is -2.11. The average Bonchev–Trinajstić information content (AvgIpc) is 2.74. The van der Waals surface area contributed by atoms with Gasteiger partial charge in [0.15, 0.2) is 0 Å². The maximum atomic E-state index is 12.8. The second-order valence-electron chi connectivity index (χ2n) is 5.43. The molecule has 0 aliphatic carbocycles. The van der Waals surface area contributed by atoms with Gasteiger partial charge in [-0.2, -0.15) is 13.2 Å².